The number of hydrogen-bond acceptors (Lipinski definition) is 3. The summed E-state index contributed by atoms with van der Waals surface area (Å²) in [6, 6.07) is 12.2. The van der Waals surface area contributed by atoms with Crippen molar-refractivity contribution in [3.8, 4) is 5.75 Å². The van der Waals surface area contributed by atoms with Gasteiger partial charge in [0.1, 0.15) is 17.1 Å². The lowest BCUT2D eigenvalue weighted by Crippen LogP contribution is -2.40. The molecule has 1 heterocycles. The van der Waals surface area contributed by atoms with E-state index >= 15 is 0 Å². The van der Waals surface area contributed by atoms with E-state index in [1.807, 2.05) is 0 Å². The summed E-state index contributed by atoms with van der Waals surface area (Å²) < 4.78 is 18.1. The van der Waals surface area contributed by atoms with E-state index < -0.39 is 11.6 Å². The van der Waals surface area contributed by atoms with Crippen molar-refractivity contribution < 1.29 is 18.7 Å². The Bertz CT molecular complexity index is 774. The molecule has 1 N–H and O–H groups in total. The van der Waals surface area contributed by atoms with Gasteiger partial charge in [-0.2, -0.15) is 0 Å². The van der Waals surface area contributed by atoms with Crippen molar-refractivity contribution in [1.29, 1.82) is 0 Å². The lowest BCUT2D eigenvalue weighted by Gasteiger charge is -2.22. The zero-order valence-electron chi connectivity index (χ0n) is 13.4. The van der Waals surface area contributed by atoms with Crippen molar-refractivity contribution >= 4 is 11.9 Å². The van der Waals surface area contributed by atoms with Gasteiger partial charge in [-0.05, 0) is 42.3 Å². The summed E-state index contributed by atoms with van der Waals surface area (Å²) >= 11 is 0. The number of benzene rings is 2. The van der Waals surface area contributed by atoms with E-state index in [1.54, 1.807) is 50.4 Å². The molecule has 2 aromatic carbocycles. The third-order valence-electron chi connectivity index (χ3n) is 4.20. The minimum atomic E-state index is -1.14. The number of carbonyl (C=O) groups is 2. The van der Waals surface area contributed by atoms with Crippen LogP contribution in [0, 0.1) is 5.82 Å². The van der Waals surface area contributed by atoms with Gasteiger partial charge < -0.3 is 10.1 Å². The number of carbonyl (C=O) groups excluding carboxylic acids is 2. The molecule has 0 bridgehead atoms. The number of hydrogen-bond donors (Lipinski definition) is 1. The predicted molar refractivity (Wildman–Crippen MR) is 85.8 cm³/mol. The van der Waals surface area contributed by atoms with E-state index in [2.05, 4.69) is 5.32 Å². The lowest BCUT2D eigenvalue weighted by atomic mass is 9.92. The van der Waals surface area contributed by atoms with Crippen LogP contribution in [0.1, 0.15) is 18.1 Å². The van der Waals surface area contributed by atoms with Crippen molar-refractivity contribution in [2.24, 2.45) is 0 Å². The van der Waals surface area contributed by atoms with Crippen LogP contribution in [-0.4, -0.2) is 23.9 Å². The van der Waals surface area contributed by atoms with Gasteiger partial charge in [0.2, 0.25) is 0 Å². The topological polar surface area (TPSA) is 58.6 Å². The van der Waals surface area contributed by atoms with E-state index in [1.165, 1.54) is 12.1 Å². The van der Waals surface area contributed by atoms with Crippen molar-refractivity contribution in [2.45, 2.75) is 19.0 Å². The molecule has 0 spiro atoms. The molecule has 0 radical (unpaired) electrons. The van der Waals surface area contributed by atoms with Crippen LogP contribution >= 0.6 is 0 Å². The van der Waals surface area contributed by atoms with Crippen LogP contribution in [-0.2, 0) is 16.9 Å². The molecule has 6 heteroatoms. The van der Waals surface area contributed by atoms with E-state index in [-0.39, 0.29) is 18.3 Å². The fourth-order valence-electron chi connectivity index (χ4n) is 2.73. The molecule has 0 aromatic heterocycles. The summed E-state index contributed by atoms with van der Waals surface area (Å²) in [4.78, 5) is 26.2. The predicted octanol–water partition coefficient (Wildman–Crippen LogP) is 2.80. The number of halogens is 1. The van der Waals surface area contributed by atoms with Crippen LogP contribution in [0.5, 0.6) is 5.75 Å². The summed E-state index contributed by atoms with van der Waals surface area (Å²) in [7, 11) is 1.56. The monoisotopic (exact) mass is 328 g/mol. The Morgan fingerprint density at radius 2 is 1.71 bits per heavy atom. The van der Waals surface area contributed by atoms with Gasteiger partial charge >= 0.3 is 6.03 Å². The highest BCUT2D eigenvalue weighted by molar-refractivity contribution is 6.07. The minimum Gasteiger partial charge on any atom is -0.497 e. The lowest BCUT2D eigenvalue weighted by molar-refractivity contribution is -0.131. The number of imide groups is 1. The first-order chi connectivity index (χ1) is 11.4. The smallest absolute Gasteiger partial charge is 0.325 e. The molecule has 24 heavy (non-hydrogen) atoms. The number of urea groups is 1. The summed E-state index contributed by atoms with van der Waals surface area (Å²) in [6.07, 6.45) is 0. The SMILES string of the molecule is COc1ccc(C2(C)NC(=O)N(Cc3ccc(F)cc3)C2=O)cc1. The molecule has 1 aliphatic rings. The molecule has 124 valence electrons. The Kier molecular flexibility index (Phi) is 3.97. The van der Waals surface area contributed by atoms with Crippen LogP contribution in [0.2, 0.25) is 0 Å². The maximum atomic E-state index is 13.0. The van der Waals surface area contributed by atoms with E-state index in [0.717, 1.165) is 4.90 Å². The van der Waals surface area contributed by atoms with Crippen LogP contribution in [0.4, 0.5) is 9.18 Å². The third-order valence-corrected chi connectivity index (χ3v) is 4.20. The van der Waals surface area contributed by atoms with Gasteiger partial charge in [0.05, 0.1) is 13.7 Å². The molecule has 0 aliphatic carbocycles. The number of nitrogens with one attached hydrogen (secondary N) is 1. The molecule has 0 saturated carbocycles. The van der Waals surface area contributed by atoms with Crippen LogP contribution in [0.3, 0.4) is 0 Å². The van der Waals surface area contributed by atoms with E-state index in [9.17, 15) is 14.0 Å². The van der Waals surface area contributed by atoms with Crippen LogP contribution in [0.25, 0.3) is 0 Å². The van der Waals surface area contributed by atoms with Gasteiger partial charge in [-0.1, -0.05) is 24.3 Å². The fraction of sp³-hybridized carbons (Fsp3) is 0.222. The average molecular weight is 328 g/mol. The number of nitrogens with zero attached hydrogens (tertiary/aromatic N) is 1. The second-order valence-corrected chi connectivity index (χ2v) is 5.80. The molecular formula is C18H17FN2O3. The second kappa shape index (κ2) is 5.96. The largest absolute Gasteiger partial charge is 0.497 e. The molecular weight excluding hydrogens is 311 g/mol. The number of rotatable bonds is 4. The zero-order chi connectivity index (χ0) is 17.3. The second-order valence-electron chi connectivity index (χ2n) is 5.80. The number of amides is 3. The van der Waals surface area contributed by atoms with Gasteiger partial charge in [0, 0.05) is 0 Å². The molecule has 5 nitrogen and oxygen atoms in total. The Morgan fingerprint density at radius 3 is 2.29 bits per heavy atom. The van der Waals surface area contributed by atoms with Crippen molar-refractivity contribution in [2.75, 3.05) is 7.11 Å². The Morgan fingerprint density at radius 1 is 1.08 bits per heavy atom. The first kappa shape index (κ1) is 16.0. The third kappa shape index (κ3) is 2.71. The van der Waals surface area contributed by atoms with E-state index in [0.29, 0.717) is 16.9 Å². The van der Waals surface area contributed by atoms with Gasteiger partial charge in [-0.25, -0.2) is 9.18 Å². The summed E-state index contributed by atoms with van der Waals surface area (Å²) in [5, 5.41) is 2.74. The zero-order valence-corrected chi connectivity index (χ0v) is 13.4. The van der Waals surface area contributed by atoms with Crippen molar-refractivity contribution in [3.63, 3.8) is 0 Å². The molecule has 1 saturated heterocycles. The molecule has 3 amide bonds. The van der Waals surface area contributed by atoms with Crippen LogP contribution < -0.4 is 10.1 Å². The molecule has 2 aromatic rings. The van der Waals surface area contributed by atoms with Gasteiger partial charge in [0.15, 0.2) is 0 Å². The highest BCUT2D eigenvalue weighted by Gasteiger charge is 2.48. The molecule has 1 atom stereocenters. The standard InChI is InChI=1S/C18H17FN2O3/c1-18(13-5-9-15(24-2)10-6-13)16(22)21(17(23)20-18)11-12-3-7-14(19)8-4-12/h3-10H,11H2,1-2H3,(H,20,23). The molecule has 1 aliphatic heterocycles. The van der Waals surface area contributed by atoms with Crippen molar-refractivity contribution in [3.05, 3.63) is 65.5 Å². The molecule has 1 unspecified atom stereocenters. The van der Waals surface area contributed by atoms with Gasteiger partial charge in [-0.3, -0.25) is 9.69 Å². The Labute approximate surface area is 139 Å². The summed E-state index contributed by atoms with van der Waals surface area (Å²) in [5.74, 6) is -0.0386. The Balaban J connectivity index is 1.85. The minimum absolute atomic E-state index is 0.0939. The van der Waals surface area contributed by atoms with Gasteiger partial charge in [0.25, 0.3) is 5.91 Å². The van der Waals surface area contributed by atoms with Crippen molar-refractivity contribution in [1.82, 2.24) is 10.2 Å². The number of ether oxygens (including phenoxy) is 1. The number of methoxy groups -OCH3 is 1. The first-order valence-electron chi connectivity index (χ1n) is 7.47. The molecule has 3 rings (SSSR count). The maximum absolute atomic E-state index is 13.0. The average Bonchev–Trinajstić information content (AvgIpc) is 2.81. The summed E-state index contributed by atoms with van der Waals surface area (Å²) in [6.45, 7) is 1.76. The van der Waals surface area contributed by atoms with E-state index in [4.69, 9.17) is 4.74 Å². The normalized spacial score (nSPS) is 20.2. The first-order valence-corrected chi connectivity index (χ1v) is 7.47. The van der Waals surface area contributed by atoms with Crippen LogP contribution in [0.15, 0.2) is 48.5 Å². The van der Waals surface area contributed by atoms with Gasteiger partial charge in [-0.15, -0.1) is 0 Å². The fourth-order valence-corrected chi connectivity index (χ4v) is 2.73. The highest BCUT2D eigenvalue weighted by atomic mass is 19.1. The highest BCUT2D eigenvalue weighted by Crippen LogP contribution is 2.30. The molecule has 1 fully saturated rings. The Hall–Kier alpha value is -2.89. The quantitative estimate of drug-likeness (QED) is 0.878. The maximum Gasteiger partial charge on any atom is 0.325 e. The summed E-state index contributed by atoms with van der Waals surface area (Å²) in [5.41, 5.74) is 0.214.